The highest BCUT2D eigenvalue weighted by molar-refractivity contribution is 6.28. The van der Waals surface area contributed by atoms with Crippen LogP contribution in [-0.4, -0.2) is 15.0 Å². The first-order valence-corrected chi connectivity index (χ1v) is 2.79. The van der Waals surface area contributed by atoms with Crippen LogP contribution < -0.4 is 9.47 Å². The smallest absolute Gasteiger partial charge is 0.324 e. The van der Waals surface area contributed by atoms with E-state index in [1.54, 1.807) is 0 Å². The minimum Gasteiger partial charge on any atom is -0.452 e. The fourth-order valence-corrected chi connectivity index (χ4v) is 0.565. The van der Waals surface area contributed by atoms with E-state index in [9.17, 15) is 0 Å². The number of ether oxygens (including phenoxy) is 2. The summed E-state index contributed by atoms with van der Waals surface area (Å²) in [5.41, 5.74) is 0. The third-order valence-electron chi connectivity index (χ3n) is 0.778. The number of hydrogen-bond acceptors (Lipinski definition) is 5. The zero-order valence-corrected chi connectivity index (χ0v) is 5.95. The van der Waals surface area contributed by atoms with Gasteiger partial charge in [0.25, 0.3) is 0 Å². The average Bonchev–Trinajstić information content (AvgIpc) is 2.03. The highest BCUT2D eigenvalue weighted by Crippen LogP contribution is 2.11. The SMILES string of the molecule is [CH]Oc1nc(Cl)nc(O[CH])n1. The van der Waals surface area contributed by atoms with E-state index >= 15 is 0 Å². The number of rotatable bonds is 2. The molecule has 0 fully saturated rings. The molecule has 0 amide bonds. The summed E-state index contributed by atoms with van der Waals surface area (Å²) in [7, 11) is 9.47. The molecule has 0 unspecified atom stereocenters. The van der Waals surface area contributed by atoms with Gasteiger partial charge >= 0.3 is 12.0 Å². The number of hydrogen-bond donors (Lipinski definition) is 0. The minimum absolute atomic E-state index is 0.110. The lowest BCUT2D eigenvalue weighted by atomic mass is 11.0. The Kier molecular flexibility index (Phi) is 2.43. The maximum Gasteiger partial charge on any atom is 0.324 e. The van der Waals surface area contributed by atoms with Gasteiger partial charge in [0, 0.05) is 0 Å². The molecule has 0 aliphatic carbocycles. The van der Waals surface area contributed by atoms with Crippen molar-refractivity contribution in [2.75, 3.05) is 0 Å². The summed E-state index contributed by atoms with van der Waals surface area (Å²) in [5, 5.41) is -0.110. The molecule has 0 bridgehead atoms. The van der Waals surface area contributed by atoms with Crippen LogP contribution in [0.5, 0.6) is 12.0 Å². The molecule has 1 aromatic rings. The average molecular weight is 172 g/mol. The topological polar surface area (TPSA) is 57.1 Å². The quantitative estimate of drug-likeness (QED) is 0.653. The lowest BCUT2D eigenvalue weighted by Crippen LogP contribution is -1.96. The summed E-state index contributed by atoms with van der Waals surface area (Å²) in [6.07, 6.45) is 0. The fraction of sp³-hybridized carbons (Fsp3) is 0. The van der Waals surface area contributed by atoms with Gasteiger partial charge in [0.1, 0.15) is 0 Å². The molecule has 0 aliphatic heterocycles. The first kappa shape index (κ1) is 8.00. The minimum atomic E-state index is -0.162. The molecule has 0 saturated carbocycles. The third kappa shape index (κ3) is 1.91. The molecular weight excluding hydrogens is 170 g/mol. The van der Waals surface area contributed by atoms with Crippen LogP contribution >= 0.6 is 11.6 Å². The van der Waals surface area contributed by atoms with E-state index < -0.39 is 0 Å². The van der Waals surface area contributed by atoms with Gasteiger partial charge in [-0.15, -0.1) is 4.98 Å². The van der Waals surface area contributed by atoms with Crippen molar-refractivity contribution in [1.29, 1.82) is 0 Å². The van der Waals surface area contributed by atoms with Crippen LogP contribution in [0.3, 0.4) is 0 Å². The molecule has 56 valence electrons. The van der Waals surface area contributed by atoms with Crippen LogP contribution in [0, 0.1) is 14.2 Å². The van der Waals surface area contributed by atoms with Crippen molar-refractivity contribution in [2.45, 2.75) is 0 Å². The molecule has 1 heterocycles. The van der Waals surface area contributed by atoms with Crippen molar-refractivity contribution in [3.63, 3.8) is 0 Å². The van der Waals surface area contributed by atoms with Crippen molar-refractivity contribution < 1.29 is 9.47 Å². The van der Waals surface area contributed by atoms with Gasteiger partial charge in [-0.05, 0) is 11.6 Å². The molecule has 6 heteroatoms. The van der Waals surface area contributed by atoms with Crippen LogP contribution in [0.25, 0.3) is 0 Å². The van der Waals surface area contributed by atoms with Crippen LogP contribution in [-0.2, 0) is 0 Å². The summed E-state index contributed by atoms with van der Waals surface area (Å²) < 4.78 is 8.31. The summed E-state index contributed by atoms with van der Waals surface area (Å²) in [6, 6.07) is -0.323. The molecule has 0 aliphatic rings. The molecular formula is C5H2ClN3O2. The van der Waals surface area contributed by atoms with Crippen LogP contribution in [0.1, 0.15) is 0 Å². The van der Waals surface area contributed by atoms with Crippen molar-refractivity contribution in [2.24, 2.45) is 0 Å². The number of halogens is 1. The van der Waals surface area contributed by atoms with E-state index in [0.717, 1.165) is 0 Å². The molecule has 5 nitrogen and oxygen atoms in total. The maximum absolute atomic E-state index is 5.37. The van der Waals surface area contributed by atoms with Crippen molar-refractivity contribution >= 4 is 11.6 Å². The second kappa shape index (κ2) is 3.34. The van der Waals surface area contributed by atoms with E-state index in [2.05, 4.69) is 24.4 Å². The van der Waals surface area contributed by atoms with Crippen LogP contribution in [0.2, 0.25) is 5.28 Å². The molecule has 0 spiro atoms. The van der Waals surface area contributed by atoms with E-state index in [1.807, 2.05) is 0 Å². The van der Waals surface area contributed by atoms with Gasteiger partial charge in [-0.2, -0.15) is 9.97 Å². The summed E-state index contributed by atoms with van der Waals surface area (Å²) >= 11 is 5.37. The molecule has 4 radical (unpaired) electrons. The van der Waals surface area contributed by atoms with Gasteiger partial charge in [0.05, 0.1) is 0 Å². The monoisotopic (exact) mass is 171 g/mol. The first-order valence-electron chi connectivity index (χ1n) is 2.41. The van der Waals surface area contributed by atoms with Gasteiger partial charge in [-0.3, -0.25) is 0 Å². The predicted octanol–water partition coefficient (Wildman–Crippen LogP) is 0.620. The normalized spacial score (nSPS) is 9.36. The highest BCUT2D eigenvalue weighted by Gasteiger charge is 2.03. The lowest BCUT2D eigenvalue weighted by Gasteiger charge is -1.98. The Balaban J connectivity index is 3.02. The van der Waals surface area contributed by atoms with Crippen molar-refractivity contribution in [3.8, 4) is 12.0 Å². The standard InChI is InChI=1S/C5H2ClN3O2/c1-10-4-7-3(6)8-5(9-4)11-2/h1-2H. The Morgan fingerprint density at radius 3 is 1.82 bits per heavy atom. The third-order valence-corrected chi connectivity index (χ3v) is 0.947. The Morgan fingerprint density at radius 1 is 1.00 bits per heavy atom. The maximum atomic E-state index is 5.37. The molecule has 0 aromatic carbocycles. The molecule has 1 rings (SSSR count). The largest absolute Gasteiger partial charge is 0.452 e. The van der Waals surface area contributed by atoms with Crippen molar-refractivity contribution in [3.05, 3.63) is 19.5 Å². The van der Waals surface area contributed by atoms with E-state index in [1.165, 1.54) is 0 Å². The molecule has 0 N–H and O–H groups in total. The summed E-state index contributed by atoms with van der Waals surface area (Å²) in [5.74, 6) is 0. The fourth-order valence-electron chi connectivity index (χ4n) is 0.420. The van der Waals surface area contributed by atoms with Gasteiger partial charge in [-0.1, -0.05) is 0 Å². The van der Waals surface area contributed by atoms with E-state index in [0.29, 0.717) is 0 Å². The Labute approximate surface area is 68.4 Å². The molecule has 0 atom stereocenters. The van der Waals surface area contributed by atoms with Crippen molar-refractivity contribution in [1.82, 2.24) is 15.0 Å². The van der Waals surface area contributed by atoms with Gasteiger partial charge in [-0.25, -0.2) is 0 Å². The molecule has 11 heavy (non-hydrogen) atoms. The van der Waals surface area contributed by atoms with E-state index in [-0.39, 0.29) is 17.3 Å². The Morgan fingerprint density at radius 2 is 1.45 bits per heavy atom. The first-order chi connectivity index (χ1) is 5.26. The second-order valence-electron chi connectivity index (χ2n) is 1.41. The predicted molar refractivity (Wildman–Crippen MR) is 34.7 cm³/mol. The number of nitrogens with zero attached hydrogens (tertiary/aromatic N) is 3. The van der Waals surface area contributed by atoms with Crippen LogP contribution in [0.4, 0.5) is 0 Å². The van der Waals surface area contributed by atoms with Gasteiger partial charge in [0.2, 0.25) is 5.28 Å². The Hall–Kier alpha value is -1.10. The van der Waals surface area contributed by atoms with E-state index in [4.69, 9.17) is 25.8 Å². The zero-order valence-electron chi connectivity index (χ0n) is 5.19. The molecule has 0 saturated heterocycles. The number of aromatic nitrogens is 3. The highest BCUT2D eigenvalue weighted by atomic mass is 35.5. The van der Waals surface area contributed by atoms with Crippen LogP contribution in [0.15, 0.2) is 0 Å². The Bertz CT molecular complexity index is 233. The summed E-state index contributed by atoms with van der Waals surface area (Å²) in [4.78, 5) is 10.4. The van der Waals surface area contributed by atoms with Gasteiger partial charge < -0.3 is 9.47 Å². The molecule has 1 aromatic heterocycles. The zero-order chi connectivity index (χ0) is 8.27. The summed E-state index contributed by atoms with van der Waals surface area (Å²) in [6.45, 7) is 0. The lowest BCUT2D eigenvalue weighted by molar-refractivity contribution is 0.388. The second-order valence-corrected chi connectivity index (χ2v) is 1.74. The van der Waals surface area contributed by atoms with Gasteiger partial charge in [0.15, 0.2) is 14.2 Å².